The fourth-order valence-corrected chi connectivity index (χ4v) is 3.98. The monoisotopic (exact) mass is 390 g/mol. The average molecular weight is 390 g/mol. The second-order valence-corrected chi connectivity index (χ2v) is 7.43. The quantitative estimate of drug-likeness (QED) is 0.328. The van der Waals surface area contributed by atoms with Crippen molar-refractivity contribution in [1.82, 2.24) is 0 Å². The highest BCUT2D eigenvalue weighted by atomic mass is 32.2. The molecule has 0 atom stereocenters. The van der Waals surface area contributed by atoms with Crippen molar-refractivity contribution in [3.05, 3.63) is 99.7 Å². The maximum atomic E-state index is 13.9. The third kappa shape index (κ3) is 3.49. The van der Waals surface area contributed by atoms with Gasteiger partial charge >= 0.3 is 5.97 Å². The van der Waals surface area contributed by atoms with Crippen molar-refractivity contribution in [2.24, 2.45) is 0 Å². The van der Waals surface area contributed by atoms with Gasteiger partial charge in [-0.3, -0.25) is 4.79 Å². The highest BCUT2D eigenvalue weighted by molar-refractivity contribution is 8.04. The Balaban J connectivity index is 1.68. The molecule has 0 N–H and O–H groups in total. The summed E-state index contributed by atoms with van der Waals surface area (Å²) in [5.74, 6) is -1.21. The zero-order valence-corrected chi connectivity index (χ0v) is 15.8. The minimum absolute atomic E-state index is 0.0616. The number of thioether (sulfide) groups is 1. The topological polar surface area (TPSA) is 43.4 Å². The lowest BCUT2D eigenvalue weighted by molar-refractivity contribution is 0.0729. The van der Waals surface area contributed by atoms with Crippen molar-refractivity contribution in [2.45, 2.75) is 11.8 Å². The van der Waals surface area contributed by atoms with Crippen molar-refractivity contribution < 1.29 is 18.7 Å². The molecule has 1 aliphatic rings. The Hall–Kier alpha value is -3.18. The highest BCUT2D eigenvalue weighted by Crippen LogP contribution is 2.41. The van der Waals surface area contributed by atoms with E-state index >= 15 is 0 Å². The maximum Gasteiger partial charge on any atom is 0.346 e. The Kier molecular flexibility index (Phi) is 4.84. The first-order valence-electron chi connectivity index (χ1n) is 8.63. The second kappa shape index (κ2) is 7.44. The summed E-state index contributed by atoms with van der Waals surface area (Å²) >= 11 is 1.38. The smallest absolute Gasteiger partial charge is 0.346 e. The number of allylic oxidation sites excluding steroid dienone is 1. The number of esters is 1. The van der Waals surface area contributed by atoms with Crippen LogP contribution in [0, 0.1) is 12.7 Å². The normalized spacial score (nSPS) is 14.2. The van der Waals surface area contributed by atoms with Crippen LogP contribution in [0.1, 0.15) is 31.8 Å². The summed E-state index contributed by atoms with van der Waals surface area (Å²) in [5, 5.41) is 0. The lowest BCUT2D eigenvalue weighted by Crippen LogP contribution is -2.11. The highest BCUT2D eigenvalue weighted by Gasteiger charge is 2.26. The molecule has 3 nitrogen and oxygen atoms in total. The first kappa shape index (κ1) is 18.2. The van der Waals surface area contributed by atoms with Gasteiger partial charge in [0.1, 0.15) is 11.6 Å². The SMILES string of the molecule is Cc1ccc(OC(=O)c2ccccc2F)c(/C=C2\Sc3ccccc3C2=O)c1. The number of carbonyl (C=O) groups excluding carboxylic acids is 2. The number of carbonyl (C=O) groups is 2. The molecule has 1 aliphatic heterocycles. The summed E-state index contributed by atoms with van der Waals surface area (Å²) < 4.78 is 19.3. The number of aryl methyl sites for hydroxylation is 1. The third-order valence-corrected chi connectivity index (χ3v) is 5.42. The van der Waals surface area contributed by atoms with Gasteiger partial charge in [0.25, 0.3) is 0 Å². The molecule has 5 heteroatoms. The van der Waals surface area contributed by atoms with Crippen LogP contribution in [0.5, 0.6) is 5.75 Å². The van der Waals surface area contributed by atoms with Gasteiger partial charge in [-0.2, -0.15) is 0 Å². The van der Waals surface area contributed by atoms with E-state index in [1.165, 1.54) is 30.0 Å². The number of halogens is 1. The molecule has 0 radical (unpaired) electrons. The molecule has 3 aromatic carbocycles. The number of benzene rings is 3. The van der Waals surface area contributed by atoms with E-state index in [0.717, 1.165) is 10.5 Å². The average Bonchev–Trinajstić information content (AvgIpc) is 3.00. The second-order valence-electron chi connectivity index (χ2n) is 6.35. The van der Waals surface area contributed by atoms with E-state index in [0.29, 0.717) is 16.0 Å². The molecule has 0 aliphatic carbocycles. The van der Waals surface area contributed by atoms with Gasteiger partial charge in [0, 0.05) is 16.0 Å². The molecule has 0 unspecified atom stereocenters. The number of fused-ring (bicyclic) bond motifs is 1. The zero-order chi connectivity index (χ0) is 19.7. The number of Topliss-reactive ketones (excluding diaryl/α,β-unsaturated/α-hetero) is 1. The zero-order valence-electron chi connectivity index (χ0n) is 14.9. The van der Waals surface area contributed by atoms with Gasteiger partial charge in [-0.15, -0.1) is 0 Å². The van der Waals surface area contributed by atoms with E-state index < -0.39 is 11.8 Å². The van der Waals surface area contributed by atoms with Crippen molar-refractivity contribution in [3.63, 3.8) is 0 Å². The lowest BCUT2D eigenvalue weighted by Gasteiger charge is -2.09. The van der Waals surface area contributed by atoms with Crippen molar-refractivity contribution in [3.8, 4) is 5.75 Å². The van der Waals surface area contributed by atoms with Gasteiger partial charge in [-0.1, -0.05) is 47.7 Å². The molecule has 0 saturated heterocycles. The Morgan fingerprint density at radius 1 is 1.04 bits per heavy atom. The number of ketones is 1. The van der Waals surface area contributed by atoms with E-state index in [-0.39, 0.29) is 17.1 Å². The lowest BCUT2D eigenvalue weighted by atomic mass is 10.1. The predicted molar refractivity (Wildman–Crippen MR) is 107 cm³/mol. The molecular weight excluding hydrogens is 375 g/mol. The van der Waals surface area contributed by atoms with Gasteiger partial charge in [0.05, 0.1) is 10.5 Å². The standard InChI is InChI=1S/C23H15FO3S/c1-14-10-11-19(27-23(26)16-6-2-4-8-18(16)24)15(12-14)13-21-22(25)17-7-3-5-9-20(17)28-21/h2-13H,1H3/b21-13-. The Labute approximate surface area is 165 Å². The molecule has 28 heavy (non-hydrogen) atoms. The fraction of sp³-hybridized carbons (Fsp3) is 0.0435. The Morgan fingerprint density at radius 2 is 1.79 bits per heavy atom. The molecule has 0 amide bonds. The van der Waals surface area contributed by atoms with Crippen LogP contribution in [-0.4, -0.2) is 11.8 Å². The number of ether oxygens (including phenoxy) is 1. The predicted octanol–water partition coefficient (Wildman–Crippen LogP) is 5.68. The molecule has 0 fully saturated rings. The van der Waals surface area contributed by atoms with E-state index in [1.54, 1.807) is 30.3 Å². The number of hydrogen-bond donors (Lipinski definition) is 0. The molecule has 3 aromatic rings. The van der Waals surface area contributed by atoms with Crippen molar-refractivity contribution >= 4 is 29.6 Å². The van der Waals surface area contributed by atoms with Crippen molar-refractivity contribution in [2.75, 3.05) is 0 Å². The van der Waals surface area contributed by atoms with Crippen LogP contribution >= 0.6 is 11.8 Å². The molecule has 4 rings (SSSR count). The first-order valence-corrected chi connectivity index (χ1v) is 9.45. The van der Waals surface area contributed by atoms with Crippen LogP contribution in [0.2, 0.25) is 0 Å². The number of rotatable bonds is 3. The van der Waals surface area contributed by atoms with Crippen LogP contribution in [-0.2, 0) is 0 Å². The van der Waals surface area contributed by atoms with E-state index in [2.05, 4.69) is 0 Å². The van der Waals surface area contributed by atoms with E-state index in [9.17, 15) is 14.0 Å². The summed E-state index contributed by atoms with van der Waals surface area (Å²) in [4.78, 5) is 26.5. The Morgan fingerprint density at radius 3 is 2.57 bits per heavy atom. The minimum Gasteiger partial charge on any atom is -0.422 e. The summed E-state index contributed by atoms with van der Waals surface area (Å²) in [6, 6.07) is 18.3. The van der Waals surface area contributed by atoms with Gasteiger partial charge in [-0.05, 0) is 49.4 Å². The van der Waals surface area contributed by atoms with Crippen LogP contribution < -0.4 is 4.74 Å². The fourth-order valence-electron chi connectivity index (χ4n) is 2.93. The summed E-state index contributed by atoms with van der Waals surface area (Å²) in [6.07, 6.45) is 1.71. The van der Waals surface area contributed by atoms with Gasteiger partial charge < -0.3 is 4.74 Å². The molecule has 0 spiro atoms. The van der Waals surface area contributed by atoms with Crippen LogP contribution in [0.25, 0.3) is 6.08 Å². The van der Waals surface area contributed by atoms with Crippen LogP contribution in [0.4, 0.5) is 4.39 Å². The van der Waals surface area contributed by atoms with Crippen molar-refractivity contribution in [1.29, 1.82) is 0 Å². The third-order valence-electron chi connectivity index (χ3n) is 4.32. The van der Waals surface area contributed by atoms with Crippen LogP contribution in [0.3, 0.4) is 0 Å². The molecule has 138 valence electrons. The largest absolute Gasteiger partial charge is 0.422 e. The molecular formula is C23H15FO3S. The molecule has 0 aromatic heterocycles. The van der Waals surface area contributed by atoms with Crippen LogP contribution in [0.15, 0.2) is 76.5 Å². The maximum absolute atomic E-state index is 13.9. The summed E-state index contributed by atoms with van der Waals surface area (Å²) in [5.41, 5.74) is 2.07. The van der Waals surface area contributed by atoms with Gasteiger partial charge in [-0.25, -0.2) is 9.18 Å². The Bertz CT molecular complexity index is 1130. The van der Waals surface area contributed by atoms with Gasteiger partial charge in [0.15, 0.2) is 0 Å². The number of hydrogen-bond acceptors (Lipinski definition) is 4. The minimum atomic E-state index is -0.782. The first-order chi connectivity index (χ1) is 13.5. The summed E-state index contributed by atoms with van der Waals surface area (Å²) in [7, 11) is 0. The van der Waals surface area contributed by atoms with E-state index in [4.69, 9.17) is 4.74 Å². The molecule has 0 bridgehead atoms. The molecule has 0 saturated carbocycles. The molecule has 1 heterocycles. The van der Waals surface area contributed by atoms with E-state index in [1.807, 2.05) is 31.2 Å². The van der Waals surface area contributed by atoms with Gasteiger partial charge in [0.2, 0.25) is 5.78 Å². The summed E-state index contributed by atoms with van der Waals surface area (Å²) in [6.45, 7) is 1.91.